The summed E-state index contributed by atoms with van der Waals surface area (Å²) in [5, 5.41) is 31.9. The topological polar surface area (TPSA) is 94.8 Å². The Kier molecular flexibility index (Phi) is 4.34. The molecule has 160 valence electrons. The minimum atomic E-state index is -2.23. The number of Topliss-reactive ketones (excluding diaryl/α,β-unsaturated/α-hetero) is 1. The fourth-order valence-electron chi connectivity index (χ4n) is 7.23. The number of halogens is 2. The highest BCUT2D eigenvalue weighted by Gasteiger charge is 2.75. The van der Waals surface area contributed by atoms with Gasteiger partial charge in [0.25, 0.3) is 0 Å². The molecule has 1 unspecified atom stereocenters. The second kappa shape index (κ2) is 6.05. The highest BCUT2D eigenvalue weighted by atomic mass is 19.1. The van der Waals surface area contributed by atoms with Crippen LogP contribution in [0.1, 0.15) is 46.5 Å². The van der Waals surface area contributed by atoms with Crippen LogP contribution < -0.4 is 0 Å². The van der Waals surface area contributed by atoms with Gasteiger partial charge >= 0.3 is 0 Å². The number of hydrogen-bond acceptors (Lipinski definition) is 5. The van der Waals surface area contributed by atoms with Gasteiger partial charge in [0.05, 0.1) is 6.10 Å². The van der Waals surface area contributed by atoms with E-state index in [0.29, 0.717) is 0 Å². The van der Waals surface area contributed by atoms with Crippen LogP contribution >= 0.6 is 0 Å². The molecule has 4 aliphatic carbocycles. The average molecular weight is 410 g/mol. The predicted molar refractivity (Wildman–Crippen MR) is 100.0 cm³/mol. The van der Waals surface area contributed by atoms with E-state index in [4.69, 9.17) is 0 Å². The molecule has 0 saturated heterocycles. The van der Waals surface area contributed by atoms with Crippen molar-refractivity contribution in [2.24, 2.45) is 28.6 Å². The molecule has 0 spiro atoms. The highest BCUT2D eigenvalue weighted by molar-refractivity contribution is 5.94. The lowest BCUT2D eigenvalue weighted by Crippen LogP contribution is -2.69. The zero-order valence-corrected chi connectivity index (χ0v) is 16.9. The van der Waals surface area contributed by atoms with Crippen LogP contribution in [0.3, 0.4) is 0 Å². The van der Waals surface area contributed by atoms with Crippen molar-refractivity contribution in [2.75, 3.05) is 6.61 Å². The van der Waals surface area contributed by atoms with Gasteiger partial charge in [-0.15, -0.1) is 0 Å². The lowest BCUT2D eigenvalue weighted by atomic mass is 9.45. The number of rotatable bonds is 2. The number of allylic oxidation sites excluding steroid dienone is 4. The number of hydrogen-bond donors (Lipinski definition) is 3. The van der Waals surface area contributed by atoms with Crippen molar-refractivity contribution in [1.82, 2.24) is 0 Å². The Morgan fingerprint density at radius 2 is 1.97 bits per heavy atom. The van der Waals surface area contributed by atoms with Crippen molar-refractivity contribution in [3.63, 3.8) is 0 Å². The van der Waals surface area contributed by atoms with E-state index in [1.807, 2.05) is 0 Å². The maximum atomic E-state index is 16.9. The normalized spacial score (nSPS) is 51.5. The summed E-state index contributed by atoms with van der Waals surface area (Å²) in [7, 11) is 0. The summed E-state index contributed by atoms with van der Waals surface area (Å²) in [6.45, 7) is 3.97. The Bertz CT molecular complexity index is 852. The van der Waals surface area contributed by atoms with Crippen LogP contribution in [0.2, 0.25) is 0 Å². The molecule has 0 bridgehead atoms. The first-order valence-electron chi connectivity index (χ1n) is 10.2. The standard InChI is InChI=1S/C22H28F2O5/c1-11-6-13-14-8-16(23)15-7-12(26)4-5-19(15,2)21(14,24)17(27)9-20(13,3)22(11,29)18(28)10-25/h4-5,11,13-14,17,25,27,29H,6-10H2,1-3H3/t11-,13+,14?,17+,19+,20+,21+,22+/m1/s1. The number of carbonyl (C=O) groups is 2. The van der Waals surface area contributed by atoms with Crippen LogP contribution in [-0.4, -0.2) is 50.9 Å². The molecule has 0 aromatic carbocycles. The number of ketones is 2. The van der Waals surface area contributed by atoms with Crippen LogP contribution in [0.15, 0.2) is 23.6 Å². The largest absolute Gasteiger partial charge is 0.390 e. The second-order valence-electron chi connectivity index (χ2n) is 9.87. The third-order valence-electron chi connectivity index (χ3n) is 8.81. The third-order valence-corrected chi connectivity index (χ3v) is 8.81. The van der Waals surface area contributed by atoms with E-state index in [1.165, 1.54) is 19.1 Å². The number of carbonyl (C=O) groups excluding carboxylic acids is 2. The van der Waals surface area contributed by atoms with E-state index in [1.54, 1.807) is 13.8 Å². The van der Waals surface area contributed by atoms with Crippen molar-refractivity contribution in [3.05, 3.63) is 23.6 Å². The Morgan fingerprint density at radius 1 is 1.31 bits per heavy atom. The lowest BCUT2D eigenvalue weighted by molar-refractivity contribution is -0.217. The van der Waals surface area contributed by atoms with Gasteiger partial charge in [0.2, 0.25) is 0 Å². The second-order valence-corrected chi connectivity index (χ2v) is 9.87. The molecule has 4 aliphatic rings. The van der Waals surface area contributed by atoms with Crippen molar-refractivity contribution in [2.45, 2.75) is 63.8 Å². The fraction of sp³-hybridized carbons (Fsp3) is 0.727. The fourth-order valence-corrected chi connectivity index (χ4v) is 7.23. The Hall–Kier alpha value is -1.44. The first-order chi connectivity index (χ1) is 13.4. The molecule has 4 rings (SSSR count). The highest BCUT2D eigenvalue weighted by Crippen LogP contribution is 2.71. The summed E-state index contributed by atoms with van der Waals surface area (Å²) in [6.07, 6.45) is 0.653. The number of aliphatic hydroxyl groups excluding tert-OH is 2. The molecular weight excluding hydrogens is 382 g/mol. The quantitative estimate of drug-likeness (QED) is 0.649. The van der Waals surface area contributed by atoms with Gasteiger partial charge in [0, 0.05) is 29.6 Å². The molecule has 3 N–H and O–H groups in total. The monoisotopic (exact) mass is 410 g/mol. The van der Waals surface area contributed by atoms with E-state index in [0.717, 1.165) is 0 Å². The lowest BCUT2D eigenvalue weighted by Gasteiger charge is -2.62. The van der Waals surface area contributed by atoms with Gasteiger partial charge in [-0.25, -0.2) is 8.78 Å². The Morgan fingerprint density at radius 3 is 2.59 bits per heavy atom. The number of aliphatic hydroxyl groups is 3. The Balaban J connectivity index is 1.89. The van der Waals surface area contributed by atoms with E-state index >= 15 is 8.78 Å². The summed E-state index contributed by atoms with van der Waals surface area (Å²) < 4.78 is 32.1. The number of fused-ring (bicyclic) bond motifs is 5. The first kappa shape index (κ1) is 20.8. The van der Waals surface area contributed by atoms with E-state index in [-0.39, 0.29) is 37.0 Å². The third kappa shape index (κ3) is 2.19. The van der Waals surface area contributed by atoms with E-state index in [2.05, 4.69) is 0 Å². The van der Waals surface area contributed by atoms with Gasteiger partial charge < -0.3 is 15.3 Å². The molecule has 5 nitrogen and oxygen atoms in total. The van der Waals surface area contributed by atoms with Gasteiger partial charge in [-0.2, -0.15) is 0 Å². The van der Waals surface area contributed by atoms with Gasteiger partial charge in [0.1, 0.15) is 18.0 Å². The van der Waals surface area contributed by atoms with Crippen LogP contribution in [0, 0.1) is 28.6 Å². The smallest absolute Gasteiger partial charge is 0.190 e. The van der Waals surface area contributed by atoms with Gasteiger partial charge in [-0.05, 0) is 43.3 Å². The van der Waals surface area contributed by atoms with Crippen LogP contribution in [-0.2, 0) is 9.59 Å². The molecule has 0 heterocycles. The zero-order chi connectivity index (χ0) is 21.6. The molecule has 0 aliphatic heterocycles. The molecule has 2 saturated carbocycles. The molecule has 29 heavy (non-hydrogen) atoms. The first-order valence-corrected chi connectivity index (χ1v) is 10.2. The number of alkyl halides is 1. The predicted octanol–water partition coefficient (Wildman–Crippen LogP) is 2.19. The molecule has 7 heteroatoms. The maximum Gasteiger partial charge on any atom is 0.190 e. The molecule has 0 radical (unpaired) electrons. The van der Waals surface area contributed by atoms with Gasteiger partial charge in [-0.1, -0.05) is 19.9 Å². The van der Waals surface area contributed by atoms with Crippen LogP contribution in [0.4, 0.5) is 8.78 Å². The molecule has 0 amide bonds. The van der Waals surface area contributed by atoms with E-state index in [9.17, 15) is 24.9 Å². The molecule has 0 aromatic heterocycles. The van der Waals surface area contributed by atoms with Crippen LogP contribution in [0.25, 0.3) is 0 Å². The molecule has 0 aromatic rings. The Labute approximate surface area is 168 Å². The summed E-state index contributed by atoms with van der Waals surface area (Å²) in [6, 6.07) is 0. The molecular formula is C22H28F2O5. The molecule has 8 atom stereocenters. The summed E-state index contributed by atoms with van der Waals surface area (Å²) in [5.74, 6) is -3.71. The summed E-state index contributed by atoms with van der Waals surface area (Å²) in [5.41, 5.74) is -6.74. The van der Waals surface area contributed by atoms with Crippen LogP contribution in [0.5, 0.6) is 0 Å². The van der Waals surface area contributed by atoms with Crippen molar-refractivity contribution in [1.29, 1.82) is 0 Å². The minimum Gasteiger partial charge on any atom is -0.390 e. The SMILES string of the molecule is C[C@@H]1C[C@H]2C3CC(F)=C4CC(=O)C=C[C@]4(C)[C@@]3(F)[C@@H](O)C[C@]2(C)[C@@]1(O)C(=O)CO. The maximum absolute atomic E-state index is 16.9. The van der Waals surface area contributed by atoms with E-state index < -0.39 is 64.2 Å². The summed E-state index contributed by atoms with van der Waals surface area (Å²) >= 11 is 0. The van der Waals surface area contributed by atoms with Crippen molar-refractivity contribution in [3.8, 4) is 0 Å². The van der Waals surface area contributed by atoms with Crippen molar-refractivity contribution >= 4 is 11.6 Å². The van der Waals surface area contributed by atoms with Gasteiger partial charge in [0.15, 0.2) is 17.2 Å². The van der Waals surface area contributed by atoms with Gasteiger partial charge in [-0.3, -0.25) is 9.59 Å². The zero-order valence-electron chi connectivity index (χ0n) is 16.9. The minimum absolute atomic E-state index is 0.0825. The average Bonchev–Trinajstić information content (AvgIpc) is 2.86. The summed E-state index contributed by atoms with van der Waals surface area (Å²) in [4.78, 5) is 24.4. The van der Waals surface area contributed by atoms with Crippen molar-refractivity contribution < 1.29 is 33.7 Å². The molecule has 2 fully saturated rings.